The summed E-state index contributed by atoms with van der Waals surface area (Å²) in [4.78, 5) is 14.7. The molecule has 0 aromatic heterocycles. The van der Waals surface area contributed by atoms with Crippen molar-refractivity contribution >= 4 is 11.9 Å². The molecule has 0 unspecified atom stereocenters. The molecular formula is C20H21NO3. The van der Waals surface area contributed by atoms with Gasteiger partial charge in [-0.1, -0.05) is 24.3 Å². The summed E-state index contributed by atoms with van der Waals surface area (Å²) in [6, 6.07) is 9.47. The molecule has 0 aliphatic carbocycles. The Balaban J connectivity index is 2.10. The number of nitrogens with zero attached hydrogens (tertiary/aromatic N) is 1. The summed E-state index contributed by atoms with van der Waals surface area (Å²) >= 11 is 0. The predicted molar refractivity (Wildman–Crippen MR) is 94.3 cm³/mol. The van der Waals surface area contributed by atoms with Crippen molar-refractivity contribution in [2.24, 2.45) is 0 Å². The fourth-order valence-corrected chi connectivity index (χ4v) is 2.94. The number of phenolic OH excluding ortho intramolecular Hbond substituents is 1. The van der Waals surface area contributed by atoms with Crippen LogP contribution in [0.2, 0.25) is 0 Å². The van der Waals surface area contributed by atoms with Crippen LogP contribution in [0.5, 0.6) is 11.5 Å². The van der Waals surface area contributed by atoms with Gasteiger partial charge in [-0.05, 0) is 56.8 Å². The Kier molecular flexibility index (Phi) is 4.16. The Morgan fingerprint density at radius 1 is 1.17 bits per heavy atom. The summed E-state index contributed by atoms with van der Waals surface area (Å²) in [7, 11) is 3.82. The van der Waals surface area contributed by atoms with Gasteiger partial charge in [-0.25, -0.2) is 0 Å². The molecule has 4 nitrogen and oxygen atoms in total. The average Bonchev–Trinajstić information content (AvgIpc) is 2.83. The number of hydrogen-bond acceptors (Lipinski definition) is 4. The number of fused-ring (bicyclic) bond motifs is 1. The number of carbonyl (C=O) groups is 1. The van der Waals surface area contributed by atoms with Crippen molar-refractivity contribution in [2.45, 2.75) is 20.4 Å². The van der Waals surface area contributed by atoms with E-state index in [0.717, 1.165) is 16.7 Å². The van der Waals surface area contributed by atoms with Gasteiger partial charge < -0.3 is 14.7 Å². The van der Waals surface area contributed by atoms with E-state index in [0.29, 0.717) is 29.2 Å². The molecule has 1 heterocycles. The molecule has 0 saturated carbocycles. The van der Waals surface area contributed by atoms with Crippen molar-refractivity contribution in [2.75, 3.05) is 14.1 Å². The third-order valence-corrected chi connectivity index (χ3v) is 4.17. The fraction of sp³-hybridized carbons (Fsp3) is 0.250. The standard InChI is InChI=1S/C20H21NO3/c1-12-7-5-6-8-14(12)10-17-19(23)18-13(2)9-16(22)15(11-21(3)4)20(18)24-17/h5-10,22H,11H2,1-4H3/b17-10-. The van der Waals surface area contributed by atoms with Crippen molar-refractivity contribution in [3.8, 4) is 11.5 Å². The molecule has 0 saturated heterocycles. The number of carbonyl (C=O) groups excluding carboxylic acids is 1. The van der Waals surface area contributed by atoms with E-state index in [1.165, 1.54) is 0 Å². The van der Waals surface area contributed by atoms with E-state index in [1.807, 2.05) is 57.1 Å². The van der Waals surface area contributed by atoms with Gasteiger partial charge in [0.05, 0.1) is 11.1 Å². The Morgan fingerprint density at radius 3 is 2.54 bits per heavy atom. The van der Waals surface area contributed by atoms with Crippen LogP contribution in [0, 0.1) is 13.8 Å². The van der Waals surface area contributed by atoms with Gasteiger partial charge in [-0.15, -0.1) is 0 Å². The molecule has 0 radical (unpaired) electrons. The number of hydrogen-bond donors (Lipinski definition) is 1. The summed E-state index contributed by atoms with van der Waals surface area (Å²) < 4.78 is 5.90. The molecule has 1 aliphatic rings. The third kappa shape index (κ3) is 2.81. The van der Waals surface area contributed by atoms with Gasteiger partial charge in [-0.2, -0.15) is 0 Å². The van der Waals surface area contributed by atoms with Crippen LogP contribution in [-0.2, 0) is 6.54 Å². The number of ketones is 1. The number of Topliss-reactive ketones (excluding diaryl/α,β-unsaturated/α-hetero) is 1. The minimum absolute atomic E-state index is 0.134. The average molecular weight is 323 g/mol. The minimum Gasteiger partial charge on any atom is -0.507 e. The van der Waals surface area contributed by atoms with Crippen LogP contribution in [0.25, 0.3) is 6.08 Å². The first-order valence-electron chi connectivity index (χ1n) is 7.88. The molecule has 124 valence electrons. The van der Waals surface area contributed by atoms with E-state index >= 15 is 0 Å². The molecular weight excluding hydrogens is 302 g/mol. The summed E-state index contributed by atoms with van der Waals surface area (Å²) in [6.45, 7) is 4.31. The van der Waals surface area contributed by atoms with Crippen molar-refractivity contribution in [3.05, 3.63) is 63.9 Å². The summed E-state index contributed by atoms with van der Waals surface area (Å²) in [5.41, 5.74) is 3.94. The molecule has 0 fully saturated rings. The van der Waals surface area contributed by atoms with Crippen LogP contribution >= 0.6 is 0 Å². The SMILES string of the molecule is Cc1ccccc1/C=C1\Oc2c(CN(C)C)c(O)cc(C)c2C1=O. The lowest BCUT2D eigenvalue weighted by molar-refractivity contribution is 0.101. The molecule has 0 atom stereocenters. The van der Waals surface area contributed by atoms with Gasteiger partial charge in [0.1, 0.15) is 11.5 Å². The number of ether oxygens (including phenoxy) is 1. The first kappa shape index (κ1) is 16.3. The molecule has 3 rings (SSSR count). The second kappa shape index (κ2) is 6.13. The largest absolute Gasteiger partial charge is 0.507 e. The highest BCUT2D eigenvalue weighted by Crippen LogP contribution is 2.42. The molecule has 1 aliphatic heterocycles. The van der Waals surface area contributed by atoms with Crippen LogP contribution in [0.15, 0.2) is 36.1 Å². The lowest BCUT2D eigenvalue weighted by Crippen LogP contribution is -2.12. The molecule has 2 aromatic rings. The summed E-state index contributed by atoms with van der Waals surface area (Å²) in [6.07, 6.45) is 1.77. The second-order valence-electron chi connectivity index (χ2n) is 6.43. The van der Waals surface area contributed by atoms with E-state index in [2.05, 4.69) is 0 Å². The smallest absolute Gasteiger partial charge is 0.232 e. The molecule has 1 N–H and O–H groups in total. The monoisotopic (exact) mass is 323 g/mol. The maximum Gasteiger partial charge on any atom is 0.232 e. The molecule has 0 bridgehead atoms. The summed E-state index contributed by atoms with van der Waals surface area (Å²) in [5.74, 6) is 0.801. The first-order valence-corrected chi connectivity index (χ1v) is 7.88. The molecule has 0 amide bonds. The van der Waals surface area contributed by atoms with E-state index in [9.17, 15) is 9.90 Å². The maximum absolute atomic E-state index is 12.8. The van der Waals surface area contributed by atoms with Crippen LogP contribution in [-0.4, -0.2) is 29.9 Å². The highest BCUT2D eigenvalue weighted by Gasteiger charge is 2.33. The van der Waals surface area contributed by atoms with Gasteiger partial charge >= 0.3 is 0 Å². The van der Waals surface area contributed by atoms with Crippen molar-refractivity contribution in [1.29, 1.82) is 0 Å². The number of aromatic hydroxyl groups is 1. The highest BCUT2D eigenvalue weighted by molar-refractivity contribution is 6.15. The Bertz CT molecular complexity index is 850. The van der Waals surface area contributed by atoms with E-state index in [-0.39, 0.29) is 11.5 Å². The van der Waals surface area contributed by atoms with Crippen LogP contribution in [0.1, 0.15) is 32.6 Å². The van der Waals surface area contributed by atoms with Gasteiger partial charge in [0.2, 0.25) is 5.78 Å². The van der Waals surface area contributed by atoms with Gasteiger partial charge in [-0.3, -0.25) is 4.79 Å². The number of aryl methyl sites for hydroxylation is 2. The fourth-order valence-electron chi connectivity index (χ4n) is 2.94. The zero-order valence-electron chi connectivity index (χ0n) is 14.4. The Morgan fingerprint density at radius 2 is 1.88 bits per heavy atom. The van der Waals surface area contributed by atoms with Gasteiger partial charge in [0.15, 0.2) is 5.76 Å². The normalized spacial score (nSPS) is 15.0. The van der Waals surface area contributed by atoms with E-state index in [4.69, 9.17) is 4.74 Å². The molecule has 2 aromatic carbocycles. The summed E-state index contributed by atoms with van der Waals surface area (Å²) in [5, 5.41) is 10.3. The van der Waals surface area contributed by atoms with Crippen molar-refractivity contribution in [3.63, 3.8) is 0 Å². The van der Waals surface area contributed by atoms with E-state index < -0.39 is 0 Å². The minimum atomic E-state index is -0.134. The second-order valence-corrected chi connectivity index (χ2v) is 6.43. The van der Waals surface area contributed by atoms with Gasteiger partial charge in [0.25, 0.3) is 0 Å². The third-order valence-electron chi connectivity index (χ3n) is 4.17. The van der Waals surface area contributed by atoms with Crippen molar-refractivity contribution < 1.29 is 14.6 Å². The molecule has 4 heteroatoms. The lowest BCUT2D eigenvalue weighted by atomic mass is 9.99. The number of benzene rings is 2. The van der Waals surface area contributed by atoms with Crippen molar-refractivity contribution in [1.82, 2.24) is 4.90 Å². The molecule has 0 spiro atoms. The van der Waals surface area contributed by atoms with Crippen LogP contribution in [0.4, 0.5) is 0 Å². The van der Waals surface area contributed by atoms with Gasteiger partial charge in [0, 0.05) is 6.54 Å². The van der Waals surface area contributed by atoms with Crippen LogP contribution < -0.4 is 4.74 Å². The highest BCUT2D eigenvalue weighted by atomic mass is 16.5. The van der Waals surface area contributed by atoms with E-state index in [1.54, 1.807) is 12.1 Å². The Hall–Kier alpha value is -2.59. The zero-order valence-corrected chi connectivity index (χ0v) is 14.4. The van der Waals surface area contributed by atoms with Crippen LogP contribution in [0.3, 0.4) is 0 Å². The lowest BCUT2D eigenvalue weighted by Gasteiger charge is -2.15. The topological polar surface area (TPSA) is 49.8 Å². The quantitative estimate of drug-likeness (QED) is 0.875. The first-order chi connectivity index (χ1) is 11.4. The number of allylic oxidation sites excluding steroid dienone is 1. The maximum atomic E-state index is 12.8. The zero-order chi connectivity index (χ0) is 17.4. The molecule has 24 heavy (non-hydrogen) atoms. The Labute approximate surface area is 142 Å². The number of rotatable bonds is 3. The predicted octanol–water partition coefficient (Wildman–Crippen LogP) is 3.69. The number of phenols is 1.